The minimum atomic E-state index is -3.48. The van der Waals surface area contributed by atoms with Crippen LogP contribution in [0.15, 0.2) is 30.3 Å². The van der Waals surface area contributed by atoms with Gasteiger partial charge in [-0.1, -0.05) is 30.3 Å². The number of nitrogens with one attached hydrogen (secondary N) is 1. The lowest BCUT2D eigenvalue weighted by Gasteiger charge is -2.31. The molecule has 0 radical (unpaired) electrons. The predicted octanol–water partition coefficient (Wildman–Crippen LogP) is 0.599. The highest BCUT2D eigenvalue weighted by Crippen LogP contribution is 2.23. The summed E-state index contributed by atoms with van der Waals surface area (Å²) in [5, 5.41) is 2.34. The first-order valence-corrected chi connectivity index (χ1v) is 8.76. The number of nitrogens with zero attached hydrogens (tertiary/aromatic N) is 1. The van der Waals surface area contributed by atoms with Gasteiger partial charge in [0.2, 0.25) is 10.0 Å². The van der Waals surface area contributed by atoms with Crippen LogP contribution in [0.2, 0.25) is 0 Å². The Kier molecular flexibility index (Phi) is 5.55. The van der Waals surface area contributed by atoms with E-state index >= 15 is 0 Å². The zero-order valence-electron chi connectivity index (χ0n) is 12.9. The van der Waals surface area contributed by atoms with Gasteiger partial charge in [0.15, 0.2) is 0 Å². The summed E-state index contributed by atoms with van der Waals surface area (Å²) in [6.45, 7) is 1.07. The van der Waals surface area contributed by atoms with Crippen molar-refractivity contribution >= 4 is 16.0 Å². The molecule has 0 aromatic heterocycles. The molecule has 122 valence electrons. The maximum Gasteiger partial charge on any atom is 0.311 e. The molecule has 0 bridgehead atoms. The zero-order chi connectivity index (χ0) is 16.2. The van der Waals surface area contributed by atoms with Crippen LogP contribution in [0.5, 0.6) is 0 Å². The maximum atomic E-state index is 12.4. The van der Waals surface area contributed by atoms with E-state index in [1.165, 1.54) is 18.4 Å². The molecule has 0 saturated carbocycles. The van der Waals surface area contributed by atoms with Crippen molar-refractivity contribution in [3.8, 4) is 0 Å². The fourth-order valence-electron chi connectivity index (χ4n) is 2.53. The third-order valence-electron chi connectivity index (χ3n) is 3.84. The second-order valence-corrected chi connectivity index (χ2v) is 7.92. The number of carbonyl (C=O) groups excluding carboxylic acids is 1. The molecule has 0 amide bonds. The summed E-state index contributed by atoms with van der Waals surface area (Å²) in [6.07, 6.45) is 0.408. The summed E-state index contributed by atoms with van der Waals surface area (Å²) in [7, 11) is -0.505. The van der Waals surface area contributed by atoms with Gasteiger partial charge in [0.25, 0.3) is 0 Å². The molecule has 7 heteroatoms. The molecule has 6 nitrogen and oxygen atoms in total. The number of hydrogen-bond donors (Lipinski definition) is 1. The average molecular weight is 326 g/mol. The molecule has 1 aromatic carbocycles. The number of hydrogen-bond acceptors (Lipinski definition) is 5. The van der Waals surface area contributed by atoms with Crippen LogP contribution >= 0.6 is 0 Å². The fourth-order valence-corrected chi connectivity index (χ4v) is 4.11. The smallest absolute Gasteiger partial charge is 0.311 e. The minimum absolute atomic E-state index is 0.158. The molecule has 2 atom stereocenters. The van der Waals surface area contributed by atoms with Gasteiger partial charge >= 0.3 is 5.97 Å². The van der Waals surface area contributed by atoms with Crippen LogP contribution in [0.25, 0.3) is 0 Å². The number of esters is 1. The number of sulfonamides is 1. The van der Waals surface area contributed by atoms with Gasteiger partial charge in [0.1, 0.15) is 6.61 Å². The number of piperidine rings is 1. The van der Waals surface area contributed by atoms with Gasteiger partial charge in [-0.05, 0) is 18.5 Å². The minimum Gasteiger partial charge on any atom is -0.461 e. The molecule has 1 N–H and O–H groups in total. The van der Waals surface area contributed by atoms with Gasteiger partial charge in [-0.3, -0.25) is 4.79 Å². The van der Waals surface area contributed by atoms with Crippen LogP contribution in [0.1, 0.15) is 12.0 Å². The molecule has 1 saturated heterocycles. The highest BCUT2D eigenvalue weighted by atomic mass is 32.2. The van der Waals surface area contributed by atoms with Crippen molar-refractivity contribution in [3.05, 3.63) is 35.9 Å². The van der Waals surface area contributed by atoms with Crippen LogP contribution < -0.4 is 5.32 Å². The molecular weight excluding hydrogens is 304 g/mol. The second kappa shape index (κ2) is 7.21. The van der Waals surface area contributed by atoms with Crippen LogP contribution in [0.3, 0.4) is 0 Å². The molecular formula is C15H22N2O4S. The highest BCUT2D eigenvalue weighted by Gasteiger charge is 2.41. The Morgan fingerprint density at radius 1 is 1.32 bits per heavy atom. The maximum absolute atomic E-state index is 12.4. The Morgan fingerprint density at radius 2 is 2.00 bits per heavy atom. The summed E-state index contributed by atoms with van der Waals surface area (Å²) < 4.78 is 31.2. The molecule has 0 aliphatic carbocycles. The monoisotopic (exact) mass is 326 g/mol. The summed E-state index contributed by atoms with van der Waals surface area (Å²) in [4.78, 5) is 12.3. The second-order valence-electron chi connectivity index (χ2n) is 5.56. The quantitative estimate of drug-likeness (QED) is 0.802. The van der Waals surface area contributed by atoms with Crippen molar-refractivity contribution in [1.29, 1.82) is 0 Å². The third-order valence-corrected chi connectivity index (χ3v) is 6.18. The van der Waals surface area contributed by atoms with Gasteiger partial charge in [-0.25, -0.2) is 12.7 Å². The van der Waals surface area contributed by atoms with E-state index in [-0.39, 0.29) is 6.61 Å². The molecule has 2 rings (SSSR count). The first-order chi connectivity index (χ1) is 10.4. The molecule has 1 fully saturated rings. The molecule has 22 heavy (non-hydrogen) atoms. The van der Waals surface area contributed by atoms with Crippen molar-refractivity contribution in [2.45, 2.75) is 18.3 Å². The van der Waals surface area contributed by atoms with E-state index in [9.17, 15) is 13.2 Å². The lowest BCUT2D eigenvalue weighted by Crippen LogP contribution is -2.50. The first-order valence-electron chi connectivity index (χ1n) is 7.25. The topological polar surface area (TPSA) is 75.7 Å². The Morgan fingerprint density at radius 3 is 2.64 bits per heavy atom. The zero-order valence-corrected chi connectivity index (χ0v) is 13.7. The highest BCUT2D eigenvalue weighted by molar-refractivity contribution is 7.89. The van der Waals surface area contributed by atoms with E-state index in [4.69, 9.17) is 4.74 Å². The Hall–Kier alpha value is -1.44. The molecule has 0 spiro atoms. The van der Waals surface area contributed by atoms with Gasteiger partial charge < -0.3 is 10.1 Å². The van der Waals surface area contributed by atoms with Crippen molar-refractivity contribution in [2.75, 3.05) is 27.2 Å². The SMILES string of the molecule is CN(C)S(=O)(=O)C1CCNCC1C(=O)OCc1ccccc1. The Labute approximate surface area is 131 Å². The van der Waals surface area contributed by atoms with E-state index in [0.29, 0.717) is 19.5 Å². The summed E-state index contributed by atoms with van der Waals surface area (Å²) in [6, 6.07) is 9.34. The molecule has 1 aromatic rings. The van der Waals surface area contributed by atoms with Crippen molar-refractivity contribution in [2.24, 2.45) is 5.92 Å². The molecule has 1 heterocycles. The Balaban J connectivity index is 2.06. The van der Waals surface area contributed by atoms with Gasteiger partial charge in [0, 0.05) is 20.6 Å². The van der Waals surface area contributed by atoms with E-state index < -0.39 is 27.2 Å². The van der Waals surface area contributed by atoms with E-state index in [1.54, 1.807) is 0 Å². The first kappa shape index (κ1) is 16.9. The van der Waals surface area contributed by atoms with Crippen molar-refractivity contribution in [3.63, 3.8) is 0 Å². The largest absolute Gasteiger partial charge is 0.461 e. The van der Waals surface area contributed by atoms with Crippen LogP contribution in [-0.4, -0.2) is 51.1 Å². The van der Waals surface area contributed by atoms with E-state index in [2.05, 4.69) is 5.32 Å². The van der Waals surface area contributed by atoms with Gasteiger partial charge in [-0.2, -0.15) is 0 Å². The van der Waals surface area contributed by atoms with E-state index in [1.807, 2.05) is 30.3 Å². The number of benzene rings is 1. The summed E-state index contributed by atoms with van der Waals surface area (Å²) >= 11 is 0. The van der Waals surface area contributed by atoms with E-state index in [0.717, 1.165) is 5.56 Å². The van der Waals surface area contributed by atoms with Crippen molar-refractivity contribution < 1.29 is 17.9 Å². The van der Waals surface area contributed by atoms with Crippen LogP contribution in [0.4, 0.5) is 0 Å². The van der Waals surface area contributed by atoms with Crippen LogP contribution in [0, 0.1) is 5.92 Å². The number of rotatable bonds is 5. The van der Waals surface area contributed by atoms with Crippen LogP contribution in [-0.2, 0) is 26.2 Å². The summed E-state index contributed by atoms with van der Waals surface area (Å²) in [5.74, 6) is -1.14. The fraction of sp³-hybridized carbons (Fsp3) is 0.533. The standard InChI is InChI=1S/C15H22N2O4S/c1-17(2)22(19,20)14-8-9-16-10-13(14)15(18)21-11-12-6-4-3-5-7-12/h3-7,13-14,16H,8-11H2,1-2H3. The lowest BCUT2D eigenvalue weighted by atomic mass is 9.99. The molecule has 1 aliphatic heterocycles. The Bertz CT molecular complexity index is 601. The predicted molar refractivity (Wildman–Crippen MR) is 83.6 cm³/mol. The lowest BCUT2D eigenvalue weighted by molar-refractivity contribution is -0.150. The number of ether oxygens (including phenoxy) is 1. The number of carbonyl (C=O) groups is 1. The van der Waals surface area contributed by atoms with Gasteiger partial charge in [0.05, 0.1) is 11.2 Å². The third kappa shape index (κ3) is 3.85. The average Bonchev–Trinajstić information content (AvgIpc) is 2.53. The molecule has 2 unspecified atom stereocenters. The van der Waals surface area contributed by atoms with Gasteiger partial charge in [-0.15, -0.1) is 0 Å². The normalized spacial score (nSPS) is 22.5. The van der Waals surface area contributed by atoms with Crippen molar-refractivity contribution in [1.82, 2.24) is 9.62 Å². The summed E-state index contributed by atoms with van der Waals surface area (Å²) in [5.41, 5.74) is 0.881. The molecule has 1 aliphatic rings.